The van der Waals surface area contributed by atoms with Crippen molar-refractivity contribution >= 4 is 5.97 Å². The average Bonchev–Trinajstić information content (AvgIpc) is 3.28. The molecule has 0 bridgehead atoms. The maximum Gasteiger partial charge on any atom is 0.303 e. The van der Waals surface area contributed by atoms with Crippen molar-refractivity contribution in [2.24, 2.45) is 50.7 Å². The van der Waals surface area contributed by atoms with E-state index in [2.05, 4.69) is 34.6 Å². The van der Waals surface area contributed by atoms with E-state index in [-0.39, 0.29) is 0 Å². The van der Waals surface area contributed by atoms with E-state index >= 15 is 0 Å². The van der Waals surface area contributed by atoms with E-state index in [0.717, 1.165) is 18.3 Å². The Labute approximate surface area is 190 Å². The molecule has 9 unspecified atom stereocenters. The molecule has 5 rings (SSSR count). The van der Waals surface area contributed by atoms with Crippen LogP contribution in [0.1, 0.15) is 105 Å². The van der Waals surface area contributed by atoms with E-state index in [4.69, 9.17) is 4.74 Å². The third-order valence-corrected chi connectivity index (χ3v) is 12.9. The van der Waals surface area contributed by atoms with Gasteiger partial charge in [-0.2, -0.15) is 0 Å². The summed E-state index contributed by atoms with van der Waals surface area (Å²) in [4.78, 5) is 11.2. The maximum atomic E-state index is 11.2. The number of carboxylic acid groups (broad SMARTS) is 1. The van der Waals surface area contributed by atoms with Gasteiger partial charge in [0.05, 0.1) is 6.10 Å². The summed E-state index contributed by atoms with van der Waals surface area (Å²) in [5, 5.41) is 9.23. The lowest BCUT2D eigenvalue weighted by Gasteiger charge is -2.63. The molecule has 3 nitrogen and oxygen atoms in total. The van der Waals surface area contributed by atoms with Crippen molar-refractivity contribution in [1.82, 2.24) is 0 Å². The highest BCUT2D eigenvalue weighted by molar-refractivity contribution is 5.66. The molecule has 0 aromatic rings. The molecule has 2 spiro atoms. The minimum absolute atomic E-state index is 0.298. The summed E-state index contributed by atoms with van der Waals surface area (Å²) in [6.45, 7) is 12.6. The molecule has 0 aliphatic heterocycles. The number of rotatable bonds is 5. The molecule has 9 atom stereocenters. The summed E-state index contributed by atoms with van der Waals surface area (Å²) in [6, 6.07) is 0. The monoisotopic (exact) mass is 430 g/mol. The van der Waals surface area contributed by atoms with Gasteiger partial charge in [-0.25, -0.2) is 0 Å². The molecule has 3 heteroatoms. The summed E-state index contributed by atoms with van der Waals surface area (Å²) in [5.41, 5.74) is 2.30. The zero-order chi connectivity index (χ0) is 22.4. The summed E-state index contributed by atoms with van der Waals surface area (Å²) < 4.78 is 6.00. The Morgan fingerprint density at radius 3 is 2.29 bits per heavy atom. The van der Waals surface area contributed by atoms with Crippen LogP contribution in [0.3, 0.4) is 0 Å². The highest BCUT2D eigenvalue weighted by atomic mass is 16.5. The van der Waals surface area contributed by atoms with Crippen LogP contribution >= 0.6 is 0 Å². The Balaban J connectivity index is 1.43. The van der Waals surface area contributed by atoms with Gasteiger partial charge >= 0.3 is 5.97 Å². The molecule has 0 heterocycles. The van der Waals surface area contributed by atoms with Gasteiger partial charge < -0.3 is 9.84 Å². The van der Waals surface area contributed by atoms with Gasteiger partial charge in [-0.15, -0.1) is 0 Å². The Morgan fingerprint density at radius 1 is 0.935 bits per heavy atom. The van der Waals surface area contributed by atoms with E-state index in [1.165, 1.54) is 57.8 Å². The Morgan fingerprint density at radius 2 is 1.61 bits per heavy atom. The molecule has 31 heavy (non-hydrogen) atoms. The molecule has 0 aromatic heterocycles. The van der Waals surface area contributed by atoms with E-state index in [1.54, 1.807) is 0 Å². The predicted molar refractivity (Wildman–Crippen MR) is 124 cm³/mol. The van der Waals surface area contributed by atoms with Crippen LogP contribution in [0, 0.1) is 50.7 Å². The van der Waals surface area contributed by atoms with Crippen LogP contribution in [0.25, 0.3) is 0 Å². The second kappa shape index (κ2) is 6.73. The van der Waals surface area contributed by atoms with Crippen molar-refractivity contribution in [2.45, 2.75) is 111 Å². The first kappa shape index (κ1) is 22.2. The summed E-state index contributed by atoms with van der Waals surface area (Å²) in [7, 11) is 1.93. The van der Waals surface area contributed by atoms with Crippen LogP contribution < -0.4 is 0 Å². The largest absolute Gasteiger partial charge is 0.481 e. The van der Waals surface area contributed by atoms with Crippen LogP contribution in [0.5, 0.6) is 0 Å². The van der Waals surface area contributed by atoms with Crippen LogP contribution in [-0.4, -0.2) is 24.3 Å². The van der Waals surface area contributed by atoms with Crippen molar-refractivity contribution < 1.29 is 14.6 Å². The number of carboxylic acids is 1. The molecule has 0 radical (unpaired) electrons. The summed E-state index contributed by atoms with van der Waals surface area (Å²) in [6.07, 6.45) is 14.0. The van der Waals surface area contributed by atoms with E-state index in [1.807, 2.05) is 7.11 Å². The fourth-order valence-corrected chi connectivity index (χ4v) is 11.3. The fourth-order valence-electron chi connectivity index (χ4n) is 11.3. The van der Waals surface area contributed by atoms with Gasteiger partial charge in [0, 0.05) is 13.5 Å². The number of carbonyl (C=O) groups is 1. The topological polar surface area (TPSA) is 46.5 Å². The first-order chi connectivity index (χ1) is 14.5. The minimum Gasteiger partial charge on any atom is -0.481 e. The van der Waals surface area contributed by atoms with E-state index in [9.17, 15) is 9.90 Å². The van der Waals surface area contributed by atoms with Crippen molar-refractivity contribution in [3.63, 3.8) is 0 Å². The van der Waals surface area contributed by atoms with Gasteiger partial charge in [-0.3, -0.25) is 4.79 Å². The zero-order valence-corrected chi connectivity index (χ0v) is 20.9. The Hall–Kier alpha value is -0.570. The molecule has 5 saturated carbocycles. The molecule has 0 amide bonds. The zero-order valence-electron chi connectivity index (χ0n) is 20.9. The van der Waals surface area contributed by atoms with Crippen molar-refractivity contribution in [2.75, 3.05) is 7.11 Å². The number of fused-ring (bicyclic) bond motifs is 2. The van der Waals surface area contributed by atoms with Crippen LogP contribution in [0.2, 0.25) is 0 Å². The lowest BCUT2D eigenvalue weighted by Crippen LogP contribution is -2.57. The average molecular weight is 431 g/mol. The molecule has 5 fully saturated rings. The highest BCUT2D eigenvalue weighted by Gasteiger charge is 2.82. The van der Waals surface area contributed by atoms with Gasteiger partial charge in [0.1, 0.15) is 0 Å². The van der Waals surface area contributed by atoms with Crippen LogP contribution in [0.15, 0.2) is 0 Å². The number of aliphatic carboxylic acids is 1. The highest BCUT2D eigenvalue weighted by Crippen LogP contribution is 2.89. The quantitative estimate of drug-likeness (QED) is 0.514. The molecular formula is C28H46O3. The molecule has 176 valence electrons. The van der Waals surface area contributed by atoms with Gasteiger partial charge in [-0.05, 0) is 115 Å². The van der Waals surface area contributed by atoms with Crippen molar-refractivity contribution in [3.8, 4) is 0 Å². The van der Waals surface area contributed by atoms with Gasteiger partial charge in [0.25, 0.3) is 0 Å². The second-order valence-electron chi connectivity index (χ2n) is 13.6. The van der Waals surface area contributed by atoms with Gasteiger partial charge in [0.15, 0.2) is 0 Å². The summed E-state index contributed by atoms with van der Waals surface area (Å²) >= 11 is 0. The molecule has 1 N–H and O–H groups in total. The lowest BCUT2D eigenvalue weighted by atomic mass is 9.41. The molecule has 5 aliphatic rings. The Bertz CT molecular complexity index is 759. The van der Waals surface area contributed by atoms with E-state index < -0.39 is 5.97 Å². The maximum absolute atomic E-state index is 11.2. The third-order valence-electron chi connectivity index (χ3n) is 12.9. The van der Waals surface area contributed by atoms with Crippen LogP contribution in [0.4, 0.5) is 0 Å². The van der Waals surface area contributed by atoms with Gasteiger partial charge in [0.2, 0.25) is 0 Å². The summed E-state index contributed by atoms with van der Waals surface area (Å²) in [5.74, 6) is 2.30. The SMILES string of the molecule is COC1CCC23CC24CCC2(C)C(C(C)CCC(=O)O)CCC2(C)C4CCC3C1(C)C. The number of methoxy groups -OCH3 is 1. The first-order valence-corrected chi connectivity index (χ1v) is 13.2. The third kappa shape index (κ3) is 2.59. The molecule has 0 aromatic carbocycles. The number of hydrogen-bond acceptors (Lipinski definition) is 2. The van der Waals surface area contributed by atoms with Gasteiger partial charge in [-0.1, -0.05) is 34.6 Å². The second-order valence-corrected chi connectivity index (χ2v) is 13.6. The molecule has 0 saturated heterocycles. The molecule has 5 aliphatic carbocycles. The fraction of sp³-hybridized carbons (Fsp3) is 0.964. The van der Waals surface area contributed by atoms with E-state index in [0.29, 0.717) is 51.4 Å². The number of hydrogen-bond donors (Lipinski definition) is 1. The standard InChI is InChI=1S/C28H46O3/c1-18(7-10-23(29)30)19-11-13-26(5)21-9-8-20-24(2,3)22(31-6)12-14-27(20)17-28(21,27)16-15-25(19,26)4/h18-22H,7-17H2,1-6H3,(H,29,30). The minimum atomic E-state index is -0.632. The first-order valence-electron chi connectivity index (χ1n) is 13.2. The smallest absolute Gasteiger partial charge is 0.303 e. The normalized spacial score (nSPS) is 53.0. The lowest BCUT2D eigenvalue weighted by molar-refractivity contribution is -0.166. The molecular weight excluding hydrogens is 384 g/mol. The van der Waals surface area contributed by atoms with Crippen molar-refractivity contribution in [3.05, 3.63) is 0 Å². The van der Waals surface area contributed by atoms with Crippen molar-refractivity contribution in [1.29, 1.82) is 0 Å². The predicted octanol–water partition coefficient (Wildman–Crippen LogP) is 6.94. The van der Waals surface area contributed by atoms with Crippen LogP contribution in [-0.2, 0) is 9.53 Å². The number of ether oxygens (including phenoxy) is 1. The Kier molecular flexibility index (Phi) is 4.83.